The van der Waals surface area contributed by atoms with E-state index in [4.69, 9.17) is 4.74 Å². The van der Waals surface area contributed by atoms with Crippen molar-refractivity contribution in [1.82, 2.24) is 0 Å². The first kappa shape index (κ1) is 11.8. The van der Waals surface area contributed by atoms with Gasteiger partial charge in [0.1, 0.15) is 11.9 Å². The highest BCUT2D eigenvalue weighted by Crippen LogP contribution is 2.33. The van der Waals surface area contributed by atoms with Crippen molar-refractivity contribution in [3.8, 4) is 5.75 Å². The minimum atomic E-state index is -0.604. The molecule has 0 bridgehead atoms. The van der Waals surface area contributed by atoms with Crippen molar-refractivity contribution in [1.29, 1.82) is 0 Å². The van der Waals surface area contributed by atoms with Gasteiger partial charge >= 0.3 is 5.97 Å². The third-order valence-corrected chi connectivity index (χ3v) is 2.82. The summed E-state index contributed by atoms with van der Waals surface area (Å²) in [6.07, 6.45) is 0.695. The molecular weight excluding hydrogens is 230 g/mol. The van der Waals surface area contributed by atoms with Gasteiger partial charge in [0.2, 0.25) is 0 Å². The summed E-state index contributed by atoms with van der Waals surface area (Å²) in [7, 11) is 1.32. The van der Waals surface area contributed by atoms with Crippen LogP contribution in [0.15, 0.2) is 18.2 Å². The highest BCUT2D eigenvalue weighted by atomic mass is 19.1. The summed E-state index contributed by atoms with van der Waals surface area (Å²) in [5, 5.41) is 0. The van der Waals surface area contributed by atoms with Gasteiger partial charge < -0.3 is 9.47 Å². The summed E-state index contributed by atoms with van der Waals surface area (Å²) in [5.41, 5.74) is 0. The Balaban J connectivity index is 1.91. The van der Waals surface area contributed by atoms with Crippen molar-refractivity contribution in [2.24, 2.45) is 5.92 Å². The Bertz CT molecular complexity index is 428. The molecule has 1 fully saturated rings. The number of ether oxygens (including phenoxy) is 2. The molecule has 0 atom stereocenters. The second kappa shape index (κ2) is 4.69. The lowest BCUT2D eigenvalue weighted by Crippen LogP contribution is -2.39. The molecule has 0 amide bonds. The maximum Gasteiger partial charge on any atom is 0.308 e. The SMILES string of the molecule is COC(=O)[C@H]1C[C@H](Oc2cc(F)ccc2F)C1. The van der Waals surface area contributed by atoms with E-state index < -0.39 is 11.6 Å². The molecule has 92 valence electrons. The summed E-state index contributed by atoms with van der Waals surface area (Å²) < 4.78 is 35.9. The van der Waals surface area contributed by atoms with Crippen molar-refractivity contribution in [2.75, 3.05) is 7.11 Å². The Morgan fingerprint density at radius 2 is 2.06 bits per heavy atom. The lowest BCUT2D eigenvalue weighted by molar-refractivity contribution is -0.151. The minimum Gasteiger partial charge on any atom is -0.487 e. The van der Waals surface area contributed by atoms with Crippen LogP contribution in [0.25, 0.3) is 0 Å². The van der Waals surface area contributed by atoms with Gasteiger partial charge in [-0.05, 0) is 25.0 Å². The van der Waals surface area contributed by atoms with Gasteiger partial charge in [-0.3, -0.25) is 4.79 Å². The van der Waals surface area contributed by atoms with E-state index in [1.54, 1.807) is 0 Å². The second-order valence-electron chi connectivity index (χ2n) is 4.01. The average Bonchev–Trinajstić information content (AvgIpc) is 2.26. The molecular formula is C12H12F2O3. The predicted octanol–water partition coefficient (Wildman–Crippen LogP) is 2.30. The third kappa shape index (κ3) is 2.54. The molecule has 0 aromatic heterocycles. The quantitative estimate of drug-likeness (QED) is 0.763. The zero-order chi connectivity index (χ0) is 12.4. The number of esters is 1. The number of carbonyl (C=O) groups excluding carboxylic acids is 1. The van der Waals surface area contributed by atoms with Gasteiger partial charge in [0, 0.05) is 6.07 Å². The lowest BCUT2D eigenvalue weighted by Gasteiger charge is -2.33. The van der Waals surface area contributed by atoms with Crippen molar-refractivity contribution in [3.05, 3.63) is 29.8 Å². The zero-order valence-electron chi connectivity index (χ0n) is 9.28. The summed E-state index contributed by atoms with van der Waals surface area (Å²) in [4.78, 5) is 11.1. The van der Waals surface area contributed by atoms with Gasteiger partial charge in [0.05, 0.1) is 13.0 Å². The first-order valence-electron chi connectivity index (χ1n) is 5.29. The number of hydrogen-bond acceptors (Lipinski definition) is 3. The first-order valence-corrected chi connectivity index (χ1v) is 5.29. The summed E-state index contributed by atoms with van der Waals surface area (Å²) >= 11 is 0. The molecule has 17 heavy (non-hydrogen) atoms. The van der Waals surface area contributed by atoms with Crippen molar-refractivity contribution >= 4 is 5.97 Å². The molecule has 0 saturated heterocycles. The van der Waals surface area contributed by atoms with E-state index >= 15 is 0 Å². The minimum absolute atomic E-state index is 0.113. The topological polar surface area (TPSA) is 35.5 Å². The summed E-state index contributed by atoms with van der Waals surface area (Å²) in [5.74, 6) is -1.75. The molecule has 0 spiro atoms. The van der Waals surface area contributed by atoms with Crippen LogP contribution in [0.4, 0.5) is 8.78 Å². The van der Waals surface area contributed by atoms with Crippen LogP contribution in [0.2, 0.25) is 0 Å². The van der Waals surface area contributed by atoms with E-state index in [1.807, 2.05) is 0 Å². The molecule has 1 aliphatic rings. The normalized spacial score (nSPS) is 22.8. The molecule has 1 aromatic carbocycles. The van der Waals surface area contributed by atoms with Gasteiger partial charge in [-0.15, -0.1) is 0 Å². The molecule has 0 heterocycles. The fourth-order valence-corrected chi connectivity index (χ4v) is 1.77. The molecule has 1 saturated carbocycles. The largest absolute Gasteiger partial charge is 0.487 e. The summed E-state index contributed by atoms with van der Waals surface area (Å²) in [6, 6.07) is 3.04. The Labute approximate surface area is 97.3 Å². The highest BCUT2D eigenvalue weighted by molar-refractivity contribution is 5.73. The van der Waals surface area contributed by atoms with Gasteiger partial charge in [-0.2, -0.15) is 0 Å². The number of benzene rings is 1. The molecule has 0 aliphatic heterocycles. The smallest absolute Gasteiger partial charge is 0.308 e. The Morgan fingerprint density at radius 1 is 1.35 bits per heavy atom. The van der Waals surface area contributed by atoms with Crippen LogP contribution >= 0.6 is 0 Å². The van der Waals surface area contributed by atoms with Crippen molar-refractivity contribution in [3.63, 3.8) is 0 Å². The van der Waals surface area contributed by atoms with E-state index in [0.29, 0.717) is 12.8 Å². The van der Waals surface area contributed by atoms with Crippen LogP contribution in [-0.2, 0) is 9.53 Å². The standard InChI is InChI=1S/C12H12F2O3/c1-16-12(15)7-4-9(5-7)17-11-6-8(13)2-3-10(11)14/h2-3,6-7,9H,4-5H2,1H3/t7-,9-. The Kier molecular flexibility index (Phi) is 3.26. The lowest BCUT2D eigenvalue weighted by atomic mass is 9.82. The molecule has 0 radical (unpaired) electrons. The number of rotatable bonds is 3. The van der Waals surface area contributed by atoms with Gasteiger partial charge in [-0.1, -0.05) is 0 Å². The number of halogens is 2. The van der Waals surface area contributed by atoms with Crippen LogP contribution < -0.4 is 4.74 Å². The third-order valence-electron chi connectivity index (χ3n) is 2.82. The molecule has 0 N–H and O–H groups in total. The number of methoxy groups -OCH3 is 1. The molecule has 1 aliphatic carbocycles. The van der Waals surface area contributed by atoms with E-state index in [1.165, 1.54) is 7.11 Å². The van der Waals surface area contributed by atoms with Crippen LogP contribution in [0.1, 0.15) is 12.8 Å². The van der Waals surface area contributed by atoms with E-state index in [2.05, 4.69) is 4.74 Å². The first-order chi connectivity index (χ1) is 8.10. The maximum absolute atomic E-state index is 13.2. The van der Waals surface area contributed by atoms with Gasteiger partial charge in [0.25, 0.3) is 0 Å². The second-order valence-corrected chi connectivity index (χ2v) is 4.01. The fourth-order valence-electron chi connectivity index (χ4n) is 1.77. The molecule has 2 rings (SSSR count). The summed E-state index contributed by atoms with van der Waals surface area (Å²) in [6.45, 7) is 0. The predicted molar refractivity (Wildman–Crippen MR) is 55.5 cm³/mol. The van der Waals surface area contributed by atoms with Crippen molar-refractivity contribution < 1.29 is 23.0 Å². The van der Waals surface area contributed by atoms with E-state index in [9.17, 15) is 13.6 Å². The Morgan fingerprint density at radius 3 is 2.71 bits per heavy atom. The molecule has 3 nitrogen and oxygen atoms in total. The van der Waals surface area contributed by atoms with Gasteiger partial charge in [-0.25, -0.2) is 8.78 Å². The maximum atomic E-state index is 13.2. The number of hydrogen-bond donors (Lipinski definition) is 0. The Hall–Kier alpha value is -1.65. The molecule has 0 unspecified atom stereocenters. The fraction of sp³-hybridized carbons (Fsp3) is 0.417. The van der Waals surface area contributed by atoms with Crippen LogP contribution in [0.5, 0.6) is 5.75 Å². The van der Waals surface area contributed by atoms with E-state index in [-0.39, 0.29) is 23.7 Å². The van der Waals surface area contributed by atoms with Crippen LogP contribution in [-0.4, -0.2) is 19.2 Å². The molecule has 1 aromatic rings. The van der Waals surface area contributed by atoms with Gasteiger partial charge in [0.15, 0.2) is 11.6 Å². The zero-order valence-corrected chi connectivity index (χ0v) is 9.28. The van der Waals surface area contributed by atoms with Crippen molar-refractivity contribution in [2.45, 2.75) is 18.9 Å². The van der Waals surface area contributed by atoms with Crippen LogP contribution in [0.3, 0.4) is 0 Å². The monoisotopic (exact) mass is 242 g/mol. The van der Waals surface area contributed by atoms with E-state index in [0.717, 1.165) is 18.2 Å². The average molecular weight is 242 g/mol. The molecule has 5 heteroatoms. The number of carbonyl (C=O) groups is 1. The van der Waals surface area contributed by atoms with Crippen LogP contribution in [0, 0.1) is 17.6 Å². The highest BCUT2D eigenvalue weighted by Gasteiger charge is 2.37.